The molecule has 0 aromatic carbocycles. The third-order valence-electron chi connectivity index (χ3n) is 5.13. The van der Waals surface area contributed by atoms with Crippen LogP contribution in [0.15, 0.2) is 18.6 Å². The normalized spacial score (nSPS) is 29.9. The van der Waals surface area contributed by atoms with Crippen molar-refractivity contribution in [3.63, 3.8) is 0 Å². The fraction of sp³-hybridized carbons (Fsp3) is 0.600. The van der Waals surface area contributed by atoms with Crippen molar-refractivity contribution in [1.82, 2.24) is 19.7 Å². The van der Waals surface area contributed by atoms with Crippen molar-refractivity contribution < 1.29 is 12.8 Å². The Bertz CT molecular complexity index is 842. The molecule has 4 rings (SSSR count). The van der Waals surface area contributed by atoms with E-state index in [1.807, 2.05) is 19.3 Å². The number of nitrogens with zero attached hydrogens (tertiary/aromatic N) is 3. The van der Waals surface area contributed by atoms with Gasteiger partial charge in [-0.2, -0.15) is 0 Å². The van der Waals surface area contributed by atoms with Crippen LogP contribution in [0.3, 0.4) is 0 Å². The molecule has 2 aliphatic rings. The number of hydrogen-bond acceptors (Lipinski definition) is 5. The van der Waals surface area contributed by atoms with Gasteiger partial charge in [-0.15, -0.1) is 0 Å². The van der Waals surface area contributed by atoms with Gasteiger partial charge in [0.1, 0.15) is 24.0 Å². The second kappa shape index (κ2) is 5.66. The number of rotatable bonds is 5. The maximum absolute atomic E-state index is 12.9. The molecule has 0 spiro atoms. The van der Waals surface area contributed by atoms with Gasteiger partial charge in [0.05, 0.1) is 10.6 Å². The van der Waals surface area contributed by atoms with Gasteiger partial charge in [-0.3, -0.25) is 0 Å². The summed E-state index contributed by atoms with van der Waals surface area (Å²) in [5, 5.41) is 0.387. The molecule has 2 aliphatic carbocycles. The molecular formula is C15H20FN5O2S. The predicted octanol–water partition coefficient (Wildman–Crippen LogP) is 1.34. The number of halogens is 1. The second-order valence-electron chi connectivity index (χ2n) is 6.72. The topological polar surface area (TPSA) is 91.0 Å². The van der Waals surface area contributed by atoms with Crippen molar-refractivity contribution in [2.45, 2.75) is 49.2 Å². The number of aromatic amines is 1. The monoisotopic (exact) mass is 353 g/mol. The Morgan fingerprint density at radius 3 is 2.75 bits per heavy atom. The fourth-order valence-corrected chi connectivity index (χ4v) is 5.17. The molecule has 0 radical (unpaired) electrons. The van der Waals surface area contributed by atoms with Crippen LogP contribution in [-0.4, -0.2) is 53.9 Å². The van der Waals surface area contributed by atoms with Gasteiger partial charge in [-0.05, 0) is 31.7 Å². The van der Waals surface area contributed by atoms with E-state index < -0.39 is 21.4 Å². The van der Waals surface area contributed by atoms with Gasteiger partial charge in [0, 0.05) is 25.3 Å². The zero-order valence-corrected chi connectivity index (χ0v) is 14.1. The molecule has 0 aliphatic heterocycles. The van der Waals surface area contributed by atoms with Gasteiger partial charge in [0.25, 0.3) is 0 Å². The van der Waals surface area contributed by atoms with E-state index in [0.717, 1.165) is 29.7 Å². The van der Waals surface area contributed by atoms with E-state index in [1.165, 1.54) is 6.33 Å². The first kappa shape index (κ1) is 15.8. The first-order chi connectivity index (χ1) is 11.4. The summed E-state index contributed by atoms with van der Waals surface area (Å²) in [6.07, 6.45) is 4.07. The quantitative estimate of drug-likeness (QED) is 0.847. The molecule has 0 bridgehead atoms. The Morgan fingerprint density at radius 2 is 2.04 bits per heavy atom. The van der Waals surface area contributed by atoms with Gasteiger partial charge < -0.3 is 9.88 Å². The first-order valence-corrected chi connectivity index (χ1v) is 9.65. The third kappa shape index (κ3) is 2.65. The fourth-order valence-electron chi connectivity index (χ4n) is 3.40. The minimum Gasteiger partial charge on any atom is -0.356 e. The second-order valence-corrected chi connectivity index (χ2v) is 8.72. The summed E-state index contributed by atoms with van der Waals surface area (Å²) in [6.45, 7) is 0. The Morgan fingerprint density at radius 1 is 1.29 bits per heavy atom. The molecule has 0 atom stereocenters. The maximum Gasteiger partial charge on any atom is 0.214 e. The molecule has 0 saturated heterocycles. The molecule has 0 unspecified atom stereocenters. The van der Waals surface area contributed by atoms with Crippen molar-refractivity contribution in [3.8, 4) is 0 Å². The Balaban J connectivity index is 1.38. The van der Waals surface area contributed by atoms with E-state index in [4.69, 9.17) is 0 Å². The summed E-state index contributed by atoms with van der Waals surface area (Å²) in [5.41, 5.74) is 0.786. The third-order valence-corrected chi connectivity index (χ3v) is 7.06. The van der Waals surface area contributed by atoms with Gasteiger partial charge in [0.15, 0.2) is 0 Å². The zero-order valence-electron chi connectivity index (χ0n) is 13.3. The number of nitrogens with one attached hydrogen (secondary N) is 2. The van der Waals surface area contributed by atoms with Crippen molar-refractivity contribution >= 4 is 26.9 Å². The largest absolute Gasteiger partial charge is 0.356 e. The summed E-state index contributed by atoms with van der Waals surface area (Å²) in [6, 6.07) is 2.08. The van der Waals surface area contributed by atoms with Gasteiger partial charge in [-0.25, -0.2) is 27.5 Å². The lowest BCUT2D eigenvalue weighted by molar-refractivity contribution is 0.211. The van der Waals surface area contributed by atoms with E-state index >= 15 is 0 Å². The highest BCUT2D eigenvalue weighted by molar-refractivity contribution is 7.90. The number of hydrogen-bond donors (Lipinski definition) is 2. The van der Waals surface area contributed by atoms with Crippen LogP contribution in [0.5, 0.6) is 0 Å². The summed E-state index contributed by atoms with van der Waals surface area (Å²) >= 11 is 0. The zero-order chi connectivity index (χ0) is 16.9. The van der Waals surface area contributed by atoms with Crippen LogP contribution < -0.4 is 9.62 Å². The van der Waals surface area contributed by atoms with E-state index in [0.29, 0.717) is 0 Å². The number of sulfonamides is 1. The average molecular weight is 353 g/mol. The van der Waals surface area contributed by atoms with Crippen LogP contribution >= 0.6 is 0 Å². The molecule has 2 fully saturated rings. The summed E-state index contributed by atoms with van der Waals surface area (Å²) in [4.78, 5) is 13.7. The molecular weight excluding hydrogens is 333 g/mol. The van der Waals surface area contributed by atoms with Crippen molar-refractivity contribution in [2.24, 2.45) is 0 Å². The smallest absolute Gasteiger partial charge is 0.214 e. The Hall–Kier alpha value is -1.74. The number of aromatic nitrogens is 3. The molecule has 24 heavy (non-hydrogen) atoms. The molecule has 0 amide bonds. The maximum atomic E-state index is 12.9. The summed E-state index contributed by atoms with van der Waals surface area (Å²) in [5.74, 6) is 0.840. The Kier molecular flexibility index (Phi) is 3.72. The van der Waals surface area contributed by atoms with E-state index in [-0.39, 0.29) is 24.9 Å². The number of H-pyrrole nitrogens is 1. The van der Waals surface area contributed by atoms with E-state index in [9.17, 15) is 12.8 Å². The van der Waals surface area contributed by atoms with Crippen LogP contribution in [0, 0.1) is 0 Å². The number of alkyl halides is 1. The Labute approximate surface area is 139 Å². The van der Waals surface area contributed by atoms with Gasteiger partial charge >= 0.3 is 0 Å². The highest BCUT2D eigenvalue weighted by atomic mass is 32.2. The minimum atomic E-state index is -3.40. The van der Waals surface area contributed by atoms with Crippen LogP contribution in [0.1, 0.15) is 25.7 Å². The highest BCUT2D eigenvalue weighted by Gasteiger charge is 2.42. The molecule has 7 nitrogen and oxygen atoms in total. The summed E-state index contributed by atoms with van der Waals surface area (Å²) in [7, 11) is -1.43. The van der Waals surface area contributed by atoms with Gasteiger partial charge in [0.2, 0.25) is 10.0 Å². The van der Waals surface area contributed by atoms with Crippen LogP contribution in [0.2, 0.25) is 0 Å². The molecule has 2 saturated carbocycles. The molecule has 130 valence electrons. The molecule has 2 aromatic rings. The van der Waals surface area contributed by atoms with Gasteiger partial charge in [-0.1, -0.05) is 0 Å². The predicted molar refractivity (Wildman–Crippen MR) is 89.1 cm³/mol. The number of fused-ring (bicyclic) bond motifs is 1. The lowest BCUT2D eigenvalue weighted by atomic mass is 9.86. The lowest BCUT2D eigenvalue weighted by Gasteiger charge is -2.43. The van der Waals surface area contributed by atoms with Crippen LogP contribution in [0.25, 0.3) is 11.0 Å². The molecule has 2 aromatic heterocycles. The first-order valence-electron chi connectivity index (χ1n) is 8.10. The minimum absolute atomic E-state index is 0.0790. The lowest BCUT2D eigenvalue weighted by Crippen LogP contribution is -2.56. The standard InChI is InChI=1S/C15H20FN5O2S/c1-21(15-13-2-3-17-14(13)18-8-19-15)11-6-10(7-11)20-24(22,23)12-4-9(16)5-12/h2-3,8-12,20H,4-7H2,1H3,(H,17,18,19)/t9-,10-,11-,12+. The van der Waals surface area contributed by atoms with E-state index in [1.54, 1.807) is 0 Å². The van der Waals surface area contributed by atoms with Crippen LogP contribution in [-0.2, 0) is 10.0 Å². The highest BCUT2D eigenvalue weighted by Crippen LogP contribution is 2.34. The molecule has 2 N–H and O–H groups in total. The SMILES string of the molecule is CN(c1ncnc2[nH]ccc12)[C@H]1C[C@H](NS(=O)(=O)[C@H]2C[C@@H](F)C2)C1. The van der Waals surface area contributed by atoms with Crippen molar-refractivity contribution in [2.75, 3.05) is 11.9 Å². The van der Waals surface area contributed by atoms with Crippen molar-refractivity contribution in [1.29, 1.82) is 0 Å². The average Bonchev–Trinajstić information content (AvgIpc) is 2.95. The summed E-state index contributed by atoms with van der Waals surface area (Å²) < 4.78 is 39.9. The molecule has 9 heteroatoms. The van der Waals surface area contributed by atoms with Crippen molar-refractivity contribution in [3.05, 3.63) is 18.6 Å². The van der Waals surface area contributed by atoms with Crippen LogP contribution in [0.4, 0.5) is 10.2 Å². The van der Waals surface area contributed by atoms with E-state index in [2.05, 4.69) is 24.6 Å². The number of anilines is 1. The molecule has 2 heterocycles.